The molecule has 0 saturated heterocycles. The summed E-state index contributed by atoms with van der Waals surface area (Å²) in [6.07, 6.45) is 3.26. The number of hydrogen-bond donors (Lipinski definition) is 1. The molecular weight excluding hydrogens is 408 g/mol. The molecule has 0 spiro atoms. The van der Waals surface area contributed by atoms with Crippen LogP contribution in [0.2, 0.25) is 5.02 Å². The van der Waals surface area contributed by atoms with Gasteiger partial charge in [0.05, 0.1) is 0 Å². The van der Waals surface area contributed by atoms with Gasteiger partial charge < -0.3 is 10.1 Å². The maximum absolute atomic E-state index is 12.3. The molecule has 0 radical (unpaired) electrons. The molecule has 0 unspecified atom stereocenters. The van der Waals surface area contributed by atoms with E-state index in [0.717, 1.165) is 24.0 Å². The quantitative estimate of drug-likeness (QED) is 0.274. The minimum Gasteiger partial charge on any atom is -0.489 e. The average molecular weight is 431 g/mol. The monoisotopic (exact) mass is 430 g/mol. The number of carbonyl (C=O) groups excluding carboxylic acids is 1. The number of nitrogens with zero attached hydrogens (tertiary/aromatic N) is 1. The first-order chi connectivity index (χ1) is 15.2. The molecule has 1 amide bonds. The Hall–Kier alpha value is -3.55. The Labute approximate surface area is 187 Å². The van der Waals surface area contributed by atoms with Crippen molar-refractivity contribution in [3.05, 3.63) is 106 Å². The van der Waals surface area contributed by atoms with Crippen molar-refractivity contribution in [2.24, 2.45) is 0 Å². The van der Waals surface area contributed by atoms with Crippen LogP contribution in [0, 0.1) is 11.3 Å². The summed E-state index contributed by atoms with van der Waals surface area (Å²) in [5.41, 5.74) is 2.96. The Balaban J connectivity index is 1.50. The van der Waals surface area contributed by atoms with Crippen molar-refractivity contribution in [2.45, 2.75) is 19.4 Å². The minimum atomic E-state index is -0.366. The number of amides is 1. The van der Waals surface area contributed by atoms with Gasteiger partial charge in [0.1, 0.15) is 24.0 Å². The molecule has 3 aromatic rings. The predicted octanol–water partition coefficient (Wildman–Crippen LogP) is 5.57. The Kier molecular flexibility index (Phi) is 8.28. The Morgan fingerprint density at radius 2 is 1.71 bits per heavy atom. The van der Waals surface area contributed by atoms with Crippen molar-refractivity contribution in [2.75, 3.05) is 6.54 Å². The first-order valence-corrected chi connectivity index (χ1v) is 10.4. The van der Waals surface area contributed by atoms with Gasteiger partial charge in [0.15, 0.2) is 0 Å². The van der Waals surface area contributed by atoms with E-state index in [2.05, 4.69) is 17.4 Å². The van der Waals surface area contributed by atoms with Crippen molar-refractivity contribution in [3.8, 4) is 11.8 Å². The van der Waals surface area contributed by atoms with Gasteiger partial charge in [-0.05, 0) is 48.2 Å². The van der Waals surface area contributed by atoms with Crippen molar-refractivity contribution < 1.29 is 9.53 Å². The standard InChI is InChI=1S/C26H23ClN2O2/c27-25-11-5-4-10-22(25)19-31-24-14-12-21(13-15-24)17-23(18-28)26(30)29-16-6-9-20-7-2-1-3-8-20/h1-5,7-8,10-15,17H,6,9,16,19H2,(H,29,30)/b23-17-. The van der Waals surface area contributed by atoms with Crippen LogP contribution in [0.1, 0.15) is 23.1 Å². The highest BCUT2D eigenvalue weighted by Gasteiger charge is 2.08. The van der Waals surface area contributed by atoms with E-state index in [4.69, 9.17) is 16.3 Å². The molecular formula is C26H23ClN2O2. The highest BCUT2D eigenvalue weighted by atomic mass is 35.5. The van der Waals surface area contributed by atoms with Gasteiger partial charge in [0.2, 0.25) is 0 Å². The van der Waals surface area contributed by atoms with Crippen LogP contribution >= 0.6 is 11.6 Å². The molecule has 3 rings (SSSR count). The van der Waals surface area contributed by atoms with Gasteiger partial charge in [-0.15, -0.1) is 0 Å². The van der Waals surface area contributed by atoms with Gasteiger partial charge >= 0.3 is 0 Å². The summed E-state index contributed by atoms with van der Waals surface area (Å²) in [6.45, 7) is 0.880. The first kappa shape index (κ1) is 22.1. The Morgan fingerprint density at radius 3 is 2.42 bits per heavy atom. The minimum absolute atomic E-state index is 0.0736. The lowest BCUT2D eigenvalue weighted by Crippen LogP contribution is -2.25. The summed E-state index contributed by atoms with van der Waals surface area (Å²) >= 11 is 6.14. The highest BCUT2D eigenvalue weighted by molar-refractivity contribution is 6.31. The van der Waals surface area contributed by atoms with Crippen molar-refractivity contribution >= 4 is 23.6 Å². The van der Waals surface area contributed by atoms with Crippen LogP contribution in [0.3, 0.4) is 0 Å². The number of nitriles is 1. The van der Waals surface area contributed by atoms with Crippen LogP contribution in [0.5, 0.6) is 5.75 Å². The zero-order valence-electron chi connectivity index (χ0n) is 17.1. The van der Waals surface area contributed by atoms with Crippen molar-refractivity contribution in [1.82, 2.24) is 5.32 Å². The summed E-state index contributed by atoms with van der Waals surface area (Å²) in [6, 6.07) is 26.8. The second-order valence-corrected chi connectivity index (χ2v) is 7.37. The maximum atomic E-state index is 12.3. The van der Waals surface area contributed by atoms with Crippen LogP contribution in [0.15, 0.2) is 84.4 Å². The third-order valence-electron chi connectivity index (χ3n) is 4.68. The first-order valence-electron chi connectivity index (χ1n) is 10.1. The number of aryl methyl sites for hydroxylation is 1. The summed E-state index contributed by atoms with van der Waals surface area (Å²) in [4.78, 5) is 12.3. The van der Waals surface area contributed by atoms with E-state index >= 15 is 0 Å². The number of hydrogen-bond acceptors (Lipinski definition) is 3. The summed E-state index contributed by atoms with van der Waals surface area (Å²) < 4.78 is 5.76. The zero-order valence-corrected chi connectivity index (χ0v) is 17.8. The molecule has 5 heteroatoms. The van der Waals surface area contributed by atoms with E-state index in [1.165, 1.54) is 5.56 Å². The molecule has 0 aliphatic rings. The summed E-state index contributed by atoms with van der Waals surface area (Å²) in [5, 5.41) is 12.8. The molecule has 0 bridgehead atoms. The molecule has 3 aromatic carbocycles. The summed E-state index contributed by atoms with van der Waals surface area (Å²) in [7, 11) is 0. The predicted molar refractivity (Wildman–Crippen MR) is 124 cm³/mol. The lowest BCUT2D eigenvalue weighted by Gasteiger charge is -2.08. The van der Waals surface area contributed by atoms with E-state index in [-0.39, 0.29) is 11.5 Å². The normalized spacial score (nSPS) is 10.9. The van der Waals surface area contributed by atoms with Gasteiger partial charge in [-0.2, -0.15) is 5.26 Å². The number of rotatable bonds is 9. The van der Waals surface area contributed by atoms with Crippen molar-refractivity contribution in [1.29, 1.82) is 5.26 Å². The van der Waals surface area contributed by atoms with Gasteiger partial charge in [0, 0.05) is 17.1 Å². The topological polar surface area (TPSA) is 62.1 Å². The molecule has 0 atom stereocenters. The lowest BCUT2D eigenvalue weighted by molar-refractivity contribution is -0.117. The molecule has 0 heterocycles. The Morgan fingerprint density at radius 1 is 1.00 bits per heavy atom. The third-order valence-corrected chi connectivity index (χ3v) is 5.05. The van der Waals surface area contributed by atoms with Crippen LogP contribution in [-0.2, 0) is 17.8 Å². The van der Waals surface area contributed by atoms with Crippen LogP contribution in [0.4, 0.5) is 0 Å². The number of carbonyl (C=O) groups is 1. The molecule has 0 saturated carbocycles. The van der Waals surface area contributed by atoms with Crippen LogP contribution in [0.25, 0.3) is 6.08 Å². The molecule has 156 valence electrons. The fourth-order valence-electron chi connectivity index (χ4n) is 2.99. The van der Waals surface area contributed by atoms with Crippen molar-refractivity contribution in [3.63, 3.8) is 0 Å². The molecule has 0 fully saturated rings. The number of nitrogens with one attached hydrogen (secondary N) is 1. The molecule has 4 nitrogen and oxygen atoms in total. The molecule has 0 aliphatic heterocycles. The van der Waals surface area contributed by atoms with Gasteiger partial charge in [-0.3, -0.25) is 4.79 Å². The van der Waals surface area contributed by atoms with E-state index < -0.39 is 0 Å². The smallest absolute Gasteiger partial charge is 0.261 e. The second kappa shape index (κ2) is 11.6. The molecule has 0 aromatic heterocycles. The molecule has 0 aliphatic carbocycles. The van der Waals surface area contributed by atoms with Gasteiger partial charge in [-0.25, -0.2) is 0 Å². The van der Waals surface area contributed by atoms with E-state index in [1.807, 2.05) is 60.7 Å². The highest BCUT2D eigenvalue weighted by Crippen LogP contribution is 2.19. The third kappa shape index (κ3) is 7.02. The van der Waals surface area contributed by atoms with Crippen LogP contribution in [-0.4, -0.2) is 12.5 Å². The van der Waals surface area contributed by atoms with Gasteiger partial charge in [-0.1, -0.05) is 72.3 Å². The maximum Gasteiger partial charge on any atom is 0.261 e. The molecule has 1 N–H and O–H groups in total. The largest absolute Gasteiger partial charge is 0.489 e. The van der Waals surface area contributed by atoms with E-state index in [9.17, 15) is 10.1 Å². The fraction of sp³-hybridized carbons (Fsp3) is 0.154. The Bertz CT molecular complexity index is 1070. The van der Waals surface area contributed by atoms with E-state index in [0.29, 0.717) is 23.9 Å². The van der Waals surface area contributed by atoms with E-state index in [1.54, 1.807) is 18.2 Å². The van der Waals surface area contributed by atoms with Gasteiger partial charge in [0.25, 0.3) is 5.91 Å². The van der Waals surface area contributed by atoms with Crippen LogP contribution < -0.4 is 10.1 Å². The average Bonchev–Trinajstić information content (AvgIpc) is 2.81. The second-order valence-electron chi connectivity index (χ2n) is 6.96. The zero-order chi connectivity index (χ0) is 21.9. The number of ether oxygens (including phenoxy) is 1. The number of halogens is 1. The fourth-order valence-corrected chi connectivity index (χ4v) is 3.18. The molecule has 31 heavy (non-hydrogen) atoms. The summed E-state index contributed by atoms with van der Waals surface area (Å²) in [5.74, 6) is 0.315. The lowest BCUT2D eigenvalue weighted by atomic mass is 10.1. The SMILES string of the molecule is N#C/C(=C/c1ccc(OCc2ccccc2Cl)cc1)C(=O)NCCCc1ccccc1. The number of benzene rings is 3.